The van der Waals surface area contributed by atoms with Gasteiger partial charge in [0.2, 0.25) is 0 Å². The monoisotopic (exact) mass is 296 g/mol. The molecule has 4 heteroatoms. The minimum absolute atomic E-state index is 0.116. The molecule has 112 valence electrons. The van der Waals surface area contributed by atoms with Crippen LogP contribution in [0.15, 0.2) is 72.2 Å². The van der Waals surface area contributed by atoms with Crippen LogP contribution >= 0.6 is 0 Å². The molecule has 3 rings (SSSR count). The molecule has 0 aromatic heterocycles. The summed E-state index contributed by atoms with van der Waals surface area (Å²) in [5, 5.41) is 41.4. The van der Waals surface area contributed by atoms with Crippen molar-refractivity contribution in [1.82, 2.24) is 0 Å². The second kappa shape index (κ2) is 5.67. The van der Waals surface area contributed by atoms with Crippen molar-refractivity contribution in [3.8, 4) is 0 Å². The van der Waals surface area contributed by atoms with Gasteiger partial charge in [-0.1, -0.05) is 60.7 Å². The summed E-state index contributed by atoms with van der Waals surface area (Å²) >= 11 is 0. The Bertz CT molecular complexity index is 667. The number of rotatable bonds is 2. The largest absolute Gasteiger partial charge is 0.504 e. The van der Waals surface area contributed by atoms with E-state index in [0.29, 0.717) is 11.1 Å². The zero-order valence-corrected chi connectivity index (χ0v) is 11.7. The molecule has 22 heavy (non-hydrogen) atoms. The Balaban J connectivity index is 2.18. The Morgan fingerprint density at radius 3 is 1.18 bits per heavy atom. The third-order valence-corrected chi connectivity index (χ3v) is 3.79. The predicted molar refractivity (Wildman–Crippen MR) is 84.0 cm³/mol. The molecular formula is C18H16O4. The zero-order valence-electron chi connectivity index (χ0n) is 11.7. The number of aliphatic hydroxyl groups excluding tert-OH is 4. The van der Waals surface area contributed by atoms with Crippen LogP contribution in [-0.2, 0) is 0 Å². The molecule has 1 aliphatic rings. The first kappa shape index (κ1) is 14.4. The molecule has 2 aromatic carbocycles. The number of aliphatic hydroxyl groups is 4. The maximum atomic E-state index is 10.4. The van der Waals surface area contributed by atoms with E-state index in [1.807, 2.05) is 0 Å². The minimum atomic E-state index is -1.33. The Kier molecular flexibility index (Phi) is 3.71. The molecule has 0 spiro atoms. The Morgan fingerprint density at radius 1 is 0.545 bits per heavy atom. The summed E-state index contributed by atoms with van der Waals surface area (Å²) in [4.78, 5) is 0. The van der Waals surface area contributed by atoms with E-state index in [9.17, 15) is 20.4 Å². The molecule has 0 bridgehead atoms. The van der Waals surface area contributed by atoms with Crippen molar-refractivity contribution in [2.45, 2.75) is 12.2 Å². The lowest BCUT2D eigenvalue weighted by Crippen LogP contribution is -2.33. The van der Waals surface area contributed by atoms with Crippen LogP contribution in [0.2, 0.25) is 0 Å². The lowest BCUT2D eigenvalue weighted by atomic mass is 9.83. The molecule has 0 saturated carbocycles. The standard InChI is InChI=1S/C18H16O4/c19-15-13(11-7-3-1-4-8-11)16(20)18(22)14(17(15)21)12-9-5-2-6-10-12/h1-10,15,17,19-22H/t15-,17-/m0/s1. The highest BCUT2D eigenvalue weighted by Crippen LogP contribution is 2.38. The van der Waals surface area contributed by atoms with Gasteiger partial charge in [0.05, 0.1) is 0 Å². The van der Waals surface area contributed by atoms with Gasteiger partial charge in [-0.05, 0) is 11.1 Å². The molecule has 0 unspecified atom stereocenters. The lowest BCUT2D eigenvalue weighted by molar-refractivity contribution is 0.0855. The van der Waals surface area contributed by atoms with E-state index in [-0.39, 0.29) is 11.1 Å². The van der Waals surface area contributed by atoms with Gasteiger partial charge in [0.1, 0.15) is 12.2 Å². The Morgan fingerprint density at radius 2 is 0.864 bits per heavy atom. The highest BCUT2D eigenvalue weighted by molar-refractivity contribution is 5.86. The molecule has 0 fully saturated rings. The maximum absolute atomic E-state index is 10.4. The van der Waals surface area contributed by atoms with Gasteiger partial charge in [0.15, 0.2) is 11.5 Å². The van der Waals surface area contributed by atoms with E-state index in [0.717, 1.165) is 0 Å². The molecule has 0 heterocycles. The number of benzene rings is 2. The van der Waals surface area contributed by atoms with Crippen LogP contribution < -0.4 is 0 Å². The van der Waals surface area contributed by atoms with Crippen molar-refractivity contribution in [3.63, 3.8) is 0 Å². The van der Waals surface area contributed by atoms with Gasteiger partial charge in [-0.25, -0.2) is 0 Å². The minimum Gasteiger partial charge on any atom is -0.504 e. The summed E-state index contributed by atoms with van der Waals surface area (Å²) < 4.78 is 0. The van der Waals surface area contributed by atoms with E-state index in [1.165, 1.54) is 0 Å². The van der Waals surface area contributed by atoms with Gasteiger partial charge < -0.3 is 20.4 Å². The fraction of sp³-hybridized carbons (Fsp3) is 0.111. The van der Waals surface area contributed by atoms with Crippen molar-refractivity contribution in [1.29, 1.82) is 0 Å². The number of hydrogen-bond donors (Lipinski definition) is 4. The highest BCUT2D eigenvalue weighted by atomic mass is 16.3. The molecular weight excluding hydrogens is 280 g/mol. The zero-order chi connectivity index (χ0) is 15.7. The van der Waals surface area contributed by atoms with Gasteiger partial charge in [0, 0.05) is 11.1 Å². The van der Waals surface area contributed by atoms with Crippen molar-refractivity contribution < 1.29 is 20.4 Å². The Hall–Kier alpha value is -2.56. The summed E-state index contributed by atoms with van der Waals surface area (Å²) in [5.74, 6) is -0.828. The summed E-state index contributed by atoms with van der Waals surface area (Å²) in [6, 6.07) is 17.4. The predicted octanol–water partition coefficient (Wildman–Crippen LogP) is 2.66. The van der Waals surface area contributed by atoms with E-state index in [2.05, 4.69) is 0 Å². The first-order chi connectivity index (χ1) is 10.6. The molecule has 4 N–H and O–H groups in total. The quantitative estimate of drug-likeness (QED) is 0.687. The molecule has 2 aromatic rings. The van der Waals surface area contributed by atoms with Crippen molar-refractivity contribution in [2.24, 2.45) is 0 Å². The third-order valence-electron chi connectivity index (χ3n) is 3.79. The van der Waals surface area contributed by atoms with E-state index in [4.69, 9.17) is 0 Å². The second-order valence-electron chi connectivity index (χ2n) is 5.15. The third kappa shape index (κ3) is 2.28. The molecule has 0 saturated heterocycles. The van der Waals surface area contributed by atoms with Crippen molar-refractivity contribution >= 4 is 11.1 Å². The summed E-state index contributed by atoms with van der Waals surface area (Å²) in [6.45, 7) is 0. The molecule has 4 nitrogen and oxygen atoms in total. The fourth-order valence-corrected chi connectivity index (χ4v) is 2.70. The molecule has 0 radical (unpaired) electrons. The van der Waals surface area contributed by atoms with E-state index >= 15 is 0 Å². The number of hydrogen-bond acceptors (Lipinski definition) is 4. The van der Waals surface area contributed by atoms with Crippen LogP contribution in [0, 0.1) is 0 Å². The normalized spacial score (nSPS) is 22.1. The first-order valence-corrected chi connectivity index (χ1v) is 6.95. The van der Waals surface area contributed by atoms with Crippen LogP contribution in [0.25, 0.3) is 11.1 Å². The second-order valence-corrected chi connectivity index (χ2v) is 5.15. The van der Waals surface area contributed by atoms with Gasteiger partial charge in [0.25, 0.3) is 0 Å². The average molecular weight is 296 g/mol. The molecule has 2 atom stereocenters. The summed E-state index contributed by atoms with van der Waals surface area (Å²) in [5.41, 5.74) is 1.32. The van der Waals surface area contributed by atoms with Gasteiger partial charge in [-0.3, -0.25) is 0 Å². The van der Waals surface area contributed by atoms with Crippen LogP contribution in [0.5, 0.6) is 0 Å². The van der Waals surface area contributed by atoms with Crippen molar-refractivity contribution in [2.75, 3.05) is 0 Å². The molecule has 0 aliphatic heterocycles. The smallest absolute Gasteiger partial charge is 0.164 e. The van der Waals surface area contributed by atoms with Crippen LogP contribution in [0.4, 0.5) is 0 Å². The average Bonchev–Trinajstić information content (AvgIpc) is 2.55. The summed E-state index contributed by atoms with van der Waals surface area (Å²) in [6.07, 6.45) is -2.65. The molecule has 0 amide bonds. The van der Waals surface area contributed by atoms with Crippen LogP contribution in [0.1, 0.15) is 11.1 Å². The van der Waals surface area contributed by atoms with Crippen LogP contribution in [0.3, 0.4) is 0 Å². The van der Waals surface area contributed by atoms with Crippen LogP contribution in [-0.4, -0.2) is 32.6 Å². The first-order valence-electron chi connectivity index (χ1n) is 6.95. The van der Waals surface area contributed by atoms with E-state index in [1.54, 1.807) is 60.7 Å². The maximum Gasteiger partial charge on any atom is 0.164 e. The fourth-order valence-electron chi connectivity index (χ4n) is 2.70. The SMILES string of the molecule is OC1=C(c2ccccc2)[C@H](O)[C@@H](O)C(c2ccccc2)=C1O. The van der Waals surface area contributed by atoms with Gasteiger partial charge >= 0.3 is 0 Å². The molecule has 1 aliphatic carbocycles. The van der Waals surface area contributed by atoms with Gasteiger partial charge in [-0.15, -0.1) is 0 Å². The Labute approximate surface area is 127 Å². The van der Waals surface area contributed by atoms with Gasteiger partial charge in [-0.2, -0.15) is 0 Å². The van der Waals surface area contributed by atoms with E-state index < -0.39 is 23.7 Å². The topological polar surface area (TPSA) is 80.9 Å². The summed E-state index contributed by atoms with van der Waals surface area (Å²) in [7, 11) is 0. The van der Waals surface area contributed by atoms with Crippen molar-refractivity contribution in [3.05, 3.63) is 83.3 Å². The highest BCUT2D eigenvalue weighted by Gasteiger charge is 2.36. The lowest BCUT2D eigenvalue weighted by Gasteiger charge is -2.29.